The summed E-state index contributed by atoms with van der Waals surface area (Å²) in [6.07, 6.45) is -4.09. The molecule has 6 heterocycles. The maximum absolute atomic E-state index is 13.5. The molecule has 6 rings (SSSR count). The van der Waals surface area contributed by atoms with Crippen LogP contribution in [0, 0.1) is 6.92 Å². The van der Waals surface area contributed by atoms with E-state index in [-0.39, 0.29) is 22.9 Å². The Labute approximate surface area is 174 Å². The third-order valence-corrected chi connectivity index (χ3v) is 5.44. The minimum absolute atomic E-state index is 0.104. The zero-order valence-corrected chi connectivity index (χ0v) is 15.9. The molecule has 32 heavy (non-hydrogen) atoms. The Morgan fingerprint density at radius 2 is 1.66 bits per heavy atom. The van der Waals surface area contributed by atoms with Crippen LogP contribution in [0.25, 0.3) is 22.9 Å². The van der Waals surface area contributed by atoms with E-state index in [9.17, 15) is 26.3 Å². The van der Waals surface area contributed by atoms with Crippen LogP contribution in [0.3, 0.4) is 0 Å². The van der Waals surface area contributed by atoms with Gasteiger partial charge in [-0.05, 0) is 13.0 Å². The zero-order valence-electron chi connectivity index (χ0n) is 15.9. The molecule has 0 saturated heterocycles. The van der Waals surface area contributed by atoms with Gasteiger partial charge in [0.25, 0.3) is 11.5 Å². The number of hydrogen-bond donors (Lipinski definition) is 0. The van der Waals surface area contributed by atoms with Gasteiger partial charge < -0.3 is 0 Å². The Bertz CT molecular complexity index is 1430. The van der Waals surface area contributed by atoms with Crippen molar-refractivity contribution in [1.82, 2.24) is 29.5 Å². The fraction of sp³-hybridized carbons (Fsp3) is 0.222. The van der Waals surface area contributed by atoms with Gasteiger partial charge >= 0.3 is 18.3 Å². The number of rotatable bonds is 0. The van der Waals surface area contributed by atoms with Gasteiger partial charge in [-0.2, -0.15) is 36.4 Å². The van der Waals surface area contributed by atoms with Gasteiger partial charge in [0.05, 0.1) is 17.5 Å². The predicted octanol–water partition coefficient (Wildman–Crippen LogP) is 1.96. The third-order valence-electron chi connectivity index (χ3n) is 5.44. The molecule has 0 fully saturated rings. The van der Waals surface area contributed by atoms with Gasteiger partial charge in [-0.25, -0.2) is 0 Å². The number of nitrogens with zero attached hydrogens (tertiary/aromatic N) is 8. The molecular weight excluding hydrogens is 442 g/mol. The average Bonchev–Trinajstić information content (AvgIpc) is 3.42. The van der Waals surface area contributed by atoms with Crippen molar-refractivity contribution in [1.29, 1.82) is 0 Å². The van der Waals surface area contributed by atoms with Gasteiger partial charge in [-0.1, -0.05) is 13.8 Å². The van der Waals surface area contributed by atoms with Crippen LogP contribution in [-0.2, 0) is 18.3 Å². The summed E-state index contributed by atoms with van der Waals surface area (Å²) in [5, 5.41) is 8.12. The van der Waals surface area contributed by atoms with Crippen LogP contribution < -0.4 is 9.13 Å². The second-order valence-electron chi connectivity index (χ2n) is 7.35. The summed E-state index contributed by atoms with van der Waals surface area (Å²) in [5.74, 6) is -3.26. The summed E-state index contributed by atoms with van der Waals surface area (Å²) >= 11 is 0. The van der Waals surface area contributed by atoms with Crippen molar-refractivity contribution < 1.29 is 35.5 Å². The van der Waals surface area contributed by atoms with Gasteiger partial charge in [0, 0.05) is 12.1 Å². The Kier molecular flexibility index (Phi) is 3.24. The summed E-state index contributed by atoms with van der Waals surface area (Å²) in [7, 11) is 0. The third kappa shape index (κ3) is 2.13. The van der Waals surface area contributed by atoms with E-state index in [2.05, 4.69) is 20.2 Å². The lowest BCUT2D eigenvalue weighted by Gasteiger charge is -2.16. The van der Waals surface area contributed by atoms with Gasteiger partial charge in [0.15, 0.2) is 12.4 Å². The molecule has 1 unspecified atom stereocenters. The molecule has 0 saturated carbocycles. The highest BCUT2D eigenvalue weighted by atomic mass is 19.4. The highest BCUT2D eigenvalue weighted by molar-refractivity contribution is 5.56. The first-order valence-electron chi connectivity index (χ1n) is 9.15. The number of alkyl halides is 6. The molecule has 0 bridgehead atoms. The minimum Gasteiger partial charge on any atom is -0.251 e. The normalized spacial score (nSPS) is 18.6. The summed E-state index contributed by atoms with van der Waals surface area (Å²) in [6, 6.07) is 3.34. The highest BCUT2D eigenvalue weighted by Crippen LogP contribution is 2.40. The van der Waals surface area contributed by atoms with Crippen LogP contribution in [0.5, 0.6) is 0 Å². The molecule has 2 aliphatic heterocycles. The van der Waals surface area contributed by atoms with E-state index < -0.39 is 29.7 Å². The largest absolute Gasteiger partial charge is 0.584 e. The second-order valence-corrected chi connectivity index (χ2v) is 7.35. The molecule has 162 valence electrons. The Hall–Kier alpha value is -3.84. The van der Waals surface area contributed by atoms with Crippen molar-refractivity contribution in [2.24, 2.45) is 0 Å². The summed E-state index contributed by atoms with van der Waals surface area (Å²) in [4.78, 5) is 7.64. The van der Waals surface area contributed by atoms with Crippen molar-refractivity contribution in [3.63, 3.8) is 0 Å². The Balaban J connectivity index is 1.76. The maximum atomic E-state index is 13.5. The number of halogens is 6. The molecule has 1 atom stereocenters. The molecule has 4 aromatic rings. The lowest BCUT2D eigenvalue weighted by atomic mass is 10.2. The maximum Gasteiger partial charge on any atom is 0.584 e. The lowest BCUT2D eigenvalue weighted by Crippen LogP contribution is -2.77. The van der Waals surface area contributed by atoms with E-state index in [4.69, 9.17) is 0 Å². The molecule has 14 heteroatoms. The van der Waals surface area contributed by atoms with E-state index in [1.54, 1.807) is 13.0 Å². The number of fused-ring (bicyclic) bond motifs is 10. The molecule has 0 aliphatic carbocycles. The van der Waals surface area contributed by atoms with Gasteiger partial charge in [-0.15, -0.1) is 9.78 Å². The van der Waals surface area contributed by atoms with Crippen LogP contribution in [0.1, 0.15) is 17.1 Å². The first-order valence-corrected chi connectivity index (χ1v) is 9.15. The van der Waals surface area contributed by atoms with Crippen LogP contribution in [0.2, 0.25) is 0 Å². The molecule has 8 nitrogen and oxygen atoms in total. The molecule has 4 aromatic heterocycles. The Morgan fingerprint density at radius 3 is 2.38 bits per heavy atom. The molecule has 0 amide bonds. The Morgan fingerprint density at radius 1 is 0.906 bits per heavy atom. The van der Waals surface area contributed by atoms with E-state index in [1.165, 1.54) is 32.4 Å². The first kappa shape index (κ1) is 18.9. The lowest BCUT2D eigenvalue weighted by molar-refractivity contribution is -0.990. The number of hydrogen-bond acceptors (Lipinski definition) is 4. The smallest absolute Gasteiger partial charge is 0.251 e. The zero-order chi connectivity index (χ0) is 22.6. The van der Waals surface area contributed by atoms with Crippen LogP contribution in [0.15, 0.2) is 43.0 Å². The van der Waals surface area contributed by atoms with Crippen LogP contribution in [-0.4, -0.2) is 29.5 Å². The van der Waals surface area contributed by atoms with Crippen LogP contribution in [0.4, 0.5) is 26.3 Å². The van der Waals surface area contributed by atoms with Gasteiger partial charge in [0.2, 0.25) is 11.5 Å². The average molecular weight is 452 g/mol. The molecule has 0 N–H and O–H groups in total. The summed E-state index contributed by atoms with van der Waals surface area (Å²) in [6.45, 7) is 1.63. The SMILES string of the molecule is Cc1cc2n(n1)C1(n3nc(C(F)(F)F)nc3-c3cncc[n+]31)[n+]1ccc(C(F)(F)F)cc1-2. The molecule has 2 aliphatic rings. The van der Waals surface area contributed by atoms with E-state index in [0.29, 0.717) is 5.69 Å². The van der Waals surface area contributed by atoms with E-state index in [0.717, 1.165) is 23.0 Å². The number of aromatic nitrogens is 8. The fourth-order valence-electron chi connectivity index (χ4n) is 4.26. The standard InChI is InChI=1S/C18H10F6N8/c1-9-6-12-11-7-10(16(19,20)21)2-4-29(11)18(31(12)27-9)30-5-3-25-8-13(30)14-26-15(17(22,23)24)28-32(14)18/h2-8H,1H3/q+2. The second kappa shape index (κ2) is 5.49. The fourth-order valence-corrected chi connectivity index (χ4v) is 4.26. The molecule has 0 radical (unpaired) electrons. The van der Waals surface area contributed by atoms with E-state index >= 15 is 0 Å². The predicted molar refractivity (Wildman–Crippen MR) is 90.2 cm³/mol. The summed E-state index contributed by atoms with van der Waals surface area (Å²) < 4.78 is 85.9. The quantitative estimate of drug-likeness (QED) is 0.261. The van der Waals surface area contributed by atoms with Crippen molar-refractivity contribution in [2.75, 3.05) is 0 Å². The van der Waals surface area contributed by atoms with Crippen molar-refractivity contribution in [3.05, 3.63) is 60.1 Å². The van der Waals surface area contributed by atoms with Gasteiger partial charge in [-0.3, -0.25) is 4.98 Å². The van der Waals surface area contributed by atoms with Crippen molar-refractivity contribution >= 4 is 0 Å². The highest BCUT2D eigenvalue weighted by Gasteiger charge is 2.71. The topological polar surface area (TPSA) is 69.2 Å². The molecular formula is C18H10F6N8+2. The van der Waals surface area contributed by atoms with Gasteiger partial charge in [0.1, 0.15) is 11.9 Å². The van der Waals surface area contributed by atoms with Crippen molar-refractivity contribution in [3.8, 4) is 22.9 Å². The first-order chi connectivity index (χ1) is 15.0. The van der Waals surface area contributed by atoms with Crippen molar-refractivity contribution in [2.45, 2.75) is 25.2 Å². The monoisotopic (exact) mass is 452 g/mol. The number of pyridine rings is 1. The van der Waals surface area contributed by atoms with Crippen LogP contribution >= 0.6 is 0 Å². The molecule has 0 aromatic carbocycles. The number of aryl methyl sites for hydroxylation is 1. The minimum atomic E-state index is -4.83. The molecule has 1 spiro atoms. The van der Waals surface area contributed by atoms with E-state index in [1.807, 2.05) is 0 Å². The summed E-state index contributed by atoms with van der Waals surface area (Å²) in [5.41, 5.74) is 0.131.